The lowest BCUT2D eigenvalue weighted by molar-refractivity contribution is 0.0696. The van der Waals surface area contributed by atoms with Crippen LogP contribution in [0.3, 0.4) is 0 Å². The molecule has 88 valence electrons. The van der Waals surface area contributed by atoms with Crippen LogP contribution in [0, 0.1) is 11.3 Å². The van der Waals surface area contributed by atoms with Crippen molar-refractivity contribution in [2.75, 3.05) is 0 Å². The zero-order chi connectivity index (χ0) is 13.0. The van der Waals surface area contributed by atoms with E-state index in [0.29, 0.717) is 15.7 Å². The van der Waals surface area contributed by atoms with E-state index in [4.69, 9.17) is 10.4 Å². The van der Waals surface area contributed by atoms with E-state index in [-0.39, 0.29) is 5.56 Å². The molecular formula is C12H7N3O2S. The molecule has 0 aliphatic carbocycles. The number of carbonyl (C=O) groups is 1. The first-order valence-electron chi connectivity index (χ1n) is 4.93. The minimum absolute atomic E-state index is 0.137. The number of carboxylic acid groups (broad SMARTS) is 1. The Balaban J connectivity index is 2.18. The maximum absolute atomic E-state index is 10.7. The van der Waals surface area contributed by atoms with Crippen LogP contribution >= 0.6 is 11.8 Å². The van der Waals surface area contributed by atoms with Crippen LogP contribution in [0.2, 0.25) is 0 Å². The van der Waals surface area contributed by atoms with Gasteiger partial charge >= 0.3 is 5.97 Å². The first-order chi connectivity index (χ1) is 8.69. The minimum atomic E-state index is -1.01. The van der Waals surface area contributed by atoms with E-state index in [1.54, 1.807) is 24.3 Å². The molecule has 0 aliphatic rings. The van der Waals surface area contributed by atoms with E-state index in [2.05, 4.69) is 9.97 Å². The average molecular weight is 257 g/mol. The number of hydrogen-bond acceptors (Lipinski definition) is 5. The molecule has 5 nitrogen and oxygen atoms in total. The number of aromatic nitrogens is 2. The van der Waals surface area contributed by atoms with E-state index in [0.717, 1.165) is 0 Å². The molecule has 0 saturated heterocycles. The maximum atomic E-state index is 10.7. The number of nitrogens with zero attached hydrogens (tertiary/aromatic N) is 3. The summed E-state index contributed by atoms with van der Waals surface area (Å²) < 4.78 is 0. The van der Waals surface area contributed by atoms with Crippen LogP contribution < -0.4 is 0 Å². The van der Waals surface area contributed by atoms with Gasteiger partial charge in [0, 0.05) is 6.20 Å². The molecule has 0 unspecified atom stereocenters. The predicted octanol–water partition coefficient (Wildman–Crippen LogP) is 2.20. The summed E-state index contributed by atoms with van der Waals surface area (Å²) in [7, 11) is 0. The molecule has 2 aromatic rings. The average Bonchev–Trinajstić information content (AvgIpc) is 2.39. The fourth-order valence-corrected chi connectivity index (χ4v) is 1.95. The van der Waals surface area contributed by atoms with E-state index in [1.165, 1.54) is 24.0 Å². The van der Waals surface area contributed by atoms with Crippen molar-refractivity contribution in [2.45, 2.75) is 10.1 Å². The number of pyridine rings is 2. The van der Waals surface area contributed by atoms with Crippen molar-refractivity contribution >= 4 is 17.7 Å². The largest absolute Gasteiger partial charge is 0.478 e. The Bertz CT molecular complexity index is 620. The molecule has 2 heterocycles. The molecular weight excluding hydrogens is 250 g/mol. The molecule has 0 fully saturated rings. The zero-order valence-corrected chi connectivity index (χ0v) is 9.89. The Morgan fingerprint density at radius 1 is 1.28 bits per heavy atom. The highest BCUT2D eigenvalue weighted by atomic mass is 32.2. The van der Waals surface area contributed by atoms with Crippen LogP contribution in [0.5, 0.6) is 0 Å². The molecule has 0 spiro atoms. The van der Waals surface area contributed by atoms with Gasteiger partial charge in [-0.25, -0.2) is 14.8 Å². The molecule has 0 aliphatic heterocycles. The third kappa shape index (κ3) is 2.84. The number of nitriles is 1. The summed E-state index contributed by atoms with van der Waals surface area (Å²) in [4.78, 5) is 18.8. The summed E-state index contributed by atoms with van der Waals surface area (Å²) in [6.45, 7) is 0. The molecule has 1 N–H and O–H groups in total. The second-order valence-electron chi connectivity index (χ2n) is 3.27. The minimum Gasteiger partial charge on any atom is -0.478 e. The SMILES string of the molecule is N#Cc1cccc(Sc2ccc(C(=O)O)cn2)n1. The second-order valence-corrected chi connectivity index (χ2v) is 4.31. The molecule has 0 saturated carbocycles. The summed E-state index contributed by atoms with van der Waals surface area (Å²) in [5, 5.41) is 18.7. The molecule has 2 rings (SSSR count). The summed E-state index contributed by atoms with van der Waals surface area (Å²) >= 11 is 1.27. The number of carboxylic acids is 1. The van der Waals surface area contributed by atoms with Gasteiger partial charge in [-0.1, -0.05) is 17.8 Å². The second kappa shape index (κ2) is 5.29. The van der Waals surface area contributed by atoms with Crippen molar-refractivity contribution in [3.63, 3.8) is 0 Å². The predicted molar refractivity (Wildman–Crippen MR) is 64.3 cm³/mol. The third-order valence-corrected chi connectivity index (χ3v) is 2.92. The summed E-state index contributed by atoms with van der Waals surface area (Å²) in [5.74, 6) is -1.01. The lowest BCUT2D eigenvalue weighted by Gasteiger charge is -2.00. The van der Waals surface area contributed by atoms with Gasteiger partial charge in [-0.3, -0.25) is 0 Å². The van der Waals surface area contributed by atoms with Crippen LogP contribution in [0.15, 0.2) is 46.6 Å². The first kappa shape index (κ1) is 12.1. The Morgan fingerprint density at radius 3 is 2.72 bits per heavy atom. The quantitative estimate of drug-likeness (QED) is 0.906. The summed E-state index contributed by atoms with van der Waals surface area (Å²) in [6.07, 6.45) is 1.29. The number of rotatable bonds is 3. The molecule has 0 aromatic carbocycles. The van der Waals surface area contributed by atoms with Crippen LogP contribution in [0.1, 0.15) is 16.1 Å². The smallest absolute Gasteiger partial charge is 0.337 e. The standard InChI is InChI=1S/C12H7N3O2S/c13-6-9-2-1-3-11(15-9)18-10-5-4-8(7-14-10)12(16)17/h1-5,7H,(H,16,17). The number of aromatic carboxylic acids is 1. The van der Waals surface area contributed by atoms with Crippen LogP contribution in [0.4, 0.5) is 0 Å². The van der Waals surface area contributed by atoms with Crippen molar-refractivity contribution in [1.82, 2.24) is 9.97 Å². The van der Waals surface area contributed by atoms with Crippen molar-refractivity contribution < 1.29 is 9.90 Å². The first-order valence-corrected chi connectivity index (χ1v) is 5.75. The van der Waals surface area contributed by atoms with Crippen LogP contribution in [0.25, 0.3) is 0 Å². The van der Waals surface area contributed by atoms with E-state index in [1.807, 2.05) is 6.07 Å². The van der Waals surface area contributed by atoms with Gasteiger partial charge in [-0.05, 0) is 24.3 Å². The van der Waals surface area contributed by atoms with E-state index < -0.39 is 5.97 Å². The fourth-order valence-electron chi connectivity index (χ4n) is 1.21. The van der Waals surface area contributed by atoms with Gasteiger partial charge in [-0.15, -0.1) is 0 Å². The topological polar surface area (TPSA) is 86.9 Å². The highest BCUT2D eigenvalue weighted by Gasteiger charge is 2.05. The van der Waals surface area contributed by atoms with Gasteiger partial charge in [-0.2, -0.15) is 5.26 Å². The zero-order valence-electron chi connectivity index (χ0n) is 9.07. The number of hydrogen-bond donors (Lipinski definition) is 1. The van der Waals surface area contributed by atoms with Crippen molar-refractivity contribution in [1.29, 1.82) is 5.26 Å². The Hall–Kier alpha value is -2.39. The van der Waals surface area contributed by atoms with Crippen molar-refractivity contribution in [2.24, 2.45) is 0 Å². The van der Waals surface area contributed by atoms with Crippen molar-refractivity contribution in [3.05, 3.63) is 47.8 Å². The normalized spacial score (nSPS) is 9.72. The van der Waals surface area contributed by atoms with Gasteiger partial charge in [0.15, 0.2) is 0 Å². The lowest BCUT2D eigenvalue weighted by Crippen LogP contribution is -1.96. The van der Waals surface area contributed by atoms with Gasteiger partial charge in [0.05, 0.1) is 5.56 Å². The molecule has 0 atom stereocenters. The van der Waals surface area contributed by atoms with Crippen molar-refractivity contribution in [3.8, 4) is 6.07 Å². The molecule has 18 heavy (non-hydrogen) atoms. The summed E-state index contributed by atoms with van der Waals surface area (Å²) in [6, 6.07) is 10.2. The van der Waals surface area contributed by atoms with E-state index in [9.17, 15) is 4.79 Å². The molecule has 0 bridgehead atoms. The molecule has 2 aromatic heterocycles. The molecule has 0 amide bonds. The van der Waals surface area contributed by atoms with Crippen LogP contribution in [-0.2, 0) is 0 Å². The molecule has 6 heteroatoms. The summed E-state index contributed by atoms with van der Waals surface area (Å²) in [5.41, 5.74) is 0.472. The van der Waals surface area contributed by atoms with Crippen LogP contribution in [-0.4, -0.2) is 21.0 Å². The Kier molecular flexibility index (Phi) is 3.55. The Morgan fingerprint density at radius 2 is 2.11 bits per heavy atom. The highest BCUT2D eigenvalue weighted by molar-refractivity contribution is 7.99. The van der Waals surface area contributed by atoms with Gasteiger partial charge in [0.1, 0.15) is 21.8 Å². The van der Waals surface area contributed by atoms with Gasteiger partial charge in [0.2, 0.25) is 0 Å². The Labute approximate surface area is 107 Å². The highest BCUT2D eigenvalue weighted by Crippen LogP contribution is 2.24. The third-order valence-electron chi connectivity index (χ3n) is 2.03. The lowest BCUT2D eigenvalue weighted by atomic mass is 10.3. The van der Waals surface area contributed by atoms with Gasteiger partial charge in [0.25, 0.3) is 0 Å². The molecule has 0 radical (unpaired) electrons. The fraction of sp³-hybridized carbons (Fsp3) is 0. The monoisotopic (exact) mass is 257 g/mol. The van der Waals surface area contributed by atoms with Gasteiger partial charge < -0.3 is 5.11 Å². The maximum Gasteiger partial charge on any atom is 0.337 e. The van der Waals surface area contributed by atoms with E-state index >= 15 is 0 Å².